The van der Waals surface area contributed by atoms with Crippen molar-refractivity contribution in [3.63, 3.8) is 0 Å². The Bertz CT molecular complexity index is 945. The Morgan fingerprint density at radius 1 is 1.25 bits per heavy atom. The molecule has 1 heterocycles. The van der Waals surface area contributed by atoms with E-state index >= 15 is 0 Å². The van der Waals surface area contributed by atoms with Gasteiger partial charge in [0.25, 0.3) is 0 Å². The molecule has 2 aromatic carbocycles. The van der Waals surface area contributed by atoms with E-state index in [-0.39, 0.29) is 18.2 Å². The van der Waals surface area contributed by atoms with Gasteiger partial charge in [0.05, 0.1) is 5.69 Å². The molecule has 0 spiro atoms. The number of aliphatic imine (C=N–C) groups is 1. The van der Waals surface area contributed by atoms with Gasteiger partial charge < -0.3 is 5.32 Å². The van der Waals surface area contributed by atoms with Crippen molar-refractivity contribution in [3.05, 3.63) is 58.6 Å². The summed E-state index contributed by atoms with van der Waals surface area (Å²) in [6.07, 6.45) is 0.136. The summed E-state index contributed by atoms with van der Waals surface area (Å²) in [5, 5.41) is 3.39. The van der Waals surface area contributed by atoms with Crippen molar-refractivity contribution >= 4 is 51.7 Å². The van der Waals surface area contributed by atoms with E-state index in [0.29, 0.717) is 22.4 Å². The van der Waals surface area contributed by atoms with Gasteiger partial charge >= 0.3 is 0 Å². The maximum atomic E-state index is 12.7. The fraction of sp³-hybridized carbons (Fsp3) is 0.286. The lowest BCUT2D eigenvalue weighted by atomic mass is 10.1. The summed E-state index contributed by atoms with van der Waals surface area (Å²) in [7, 11) is 0. The van der Waals surface area contributed by atoms with E-state index in [4.69, 9.17) is 11.6 Å². The number of halogens is 1. The maximum absolute atomic E-state index is 12.7. The minimum atomic E-state index is -0.542. The monoisotopic (exact) mass is 415 g/mol. The molecule has 1 atom stereocenters. The van der Waals surface area contributed by atoms with Crippen molar-refractivity contribution in [1.29, 1.82) is 0 Å². The van der Waals surface area contributed by atoms with Gasteiger partial charge in [0.2, 0.25) is 11.8 Å². The smallest absolute Gasteiger partial charge is 0.238 e. The molecule has 7 heteroatoms. The zero-order valence-electron chi connectivity index (χ0n) is 16.0. The molecular formula is C21H22ClN3O2S. The van der Waals surface area contributed by atoms with Gasteiger partial charge in [0, 0.05) is 23.7 Å². The highest BCUT2D eigenvalue weighted by molar-refractivity contribution is 8.15. The molecule has 3 rings (SSSR count). The second-order valence-corrected chi connectivity index (χ2v) is 8.22. The second-order valence-electron chi connectivity index (χ2n) is 6.61. The zero-order chi connectivity index (χ0) is 20.3. The van der Waals surface area contributed by atoms with Gasteiger partial charge in [0.1, 0.15) is 5.25 Å². The molecule has 0 saturated carbocycles. The first-order chi connectivity index (χ1) is 13.4. The van der Waals surface area contributed by atoms with Gasteiger partial charge in [-0.05, 0) is 62.2 Å². The highest BCUT2D eigenvalue weighted by atomic mass is 35.5. The Morgan fingerprint density at radius 2 is 2.04 bits per heavy atom. The summed E-state index contributed by atoms with van der Waals surface area (Å²) in [4.78, 5) is 31.6. The quantitative estimate of drug-likeness (QED) is 0.769. The third-order valence-corrected chi connectivity index (χ3v) is 5.98. The van der Waals surface area contributed by atoms with E-state index in [2.05, 4.69) is 10.3 Å². The number of anilines is 1. The molecular weight excluding hydrogens is 394 g/mol. The molecule has 1 N–H and O–H groups in total. The fourth-order valence-corrected chi connectivity index (χ4v) is 4.20. The number of nitrogens with zero attached hydrogens (tertiary/aromatic N) is 2. The highest BCUT2D eigenvalue weighted by Crippen LogP contribution is 2.30. The first-order valence-corrected chi connectivity index (χ1v) is 10.3. The molecule has 0 bridgehead atoms. The number of carbonyl (C=O) groups is 2. The van der Waals surface area contributed by atoms with Crippen molar-refractivity contribution in [3.8, 4) is 0 Å². The predicted molar refractivity (Wildman–Crippen MR) is 116 cm³/mol. The Morgan fingerprint density at radius 3 is 2.71 bits per heavy atom. The van der Waals surface area contributed by atoms with E-state index in [1.54, 1.807) is 29.2 Å². The predicted octanol–water partition coefficient (Wildman–Crippen LogP) is 4.94. The third kappa shape index (κ3) is 4.75. The number of rotatable bonds is 4. The second kappa shape index (κ2) is 8.80. The number of thioether (sulfide) groups is 1. The average molecular weight is 416 g/mol. The van der Waals surface area contributed by atoms with E-state index < -0.39 is 5.25 Å². The molecule has 1 aliphatic rings. The molecule has 1 unspecified atom stereocenters. The van der Waals surface area contributed by atoms with Crippen molar-refractivity contribution in [2.24, 2.45) is 4.99 Å². The average Bonchev–Trinajstić information content (AvgIpc) is 2.64. The molecule has 1 aliphatic heterocycles. The van der Waals surface area contributed by atoms with Gasteiger partial charge in [-0.1, -0.05) is 35.5 Å². The molecule has 146 valence electrons. The van der Waals surface area contributed by atoms with Gasteiger partial charge in [-0.2, -0.15) is 0 Å². The maximum Gasteiger partial charge on any atom is 0.238 e. The Hall–Kier alpha value is -2.31. The van der Waals surface area contributed by atoms with Crippen molar-refractivity contribution in [2.75, 3.05) is 11.9 Å². The van der Waals surface area contributed by atoms with Crippen LogP contribution in [-0.4, -0.2) is 33.7 Å². The van der Waals surface area contributed by atoms with E-state index in [1.165, 1.54) is 17.3 Å². The van der Waals surface area contributed by atoms with Gasteiger partial charge in [-0.25, -0.2) is 4.99 Å². The lowest BCUT2D eigenvalue weighted by molar-refractivity contribution is -0.129. The fourth-order valence-electron chi connectivity index (χ4n) is 2.85. The number of aryl methyl sites for hydroxylation is 2. The lowest BCUT2D eigenvalue weighted by Crippen LogP contribution is -2.45. The van der Waals surface area contributed by atoms with Crippen molar-refractivity contribution in [1.82, 2.24) is 4.90 Å². The number of amides is 2. The van der Waals surface area contributed by atoms with E-state index in [1.807, 2.05) is 39.0 Å². The number of benzene rings is 2. The molecule has 0 aromatic heterocycles. The van der Waals surface area contributed by atoms with Crippen LogP contribution in [-0.2, 0) is 9.59 Å². The van der Waals surface area contributed by atoms with Crippen LogP contribution in [0.25, 0.3) is 0 Å². The standard InChI is InChI=1S/C21H22ClN3O2S/c1-4-25-19(26)12-18(20(27)23-16-7-5-6-15(22)11-16)28-21(25)24-17-9-8-13(2)14(3)10-17/h5-11,18H,4,12H2,1-3H3,(H,23,27). The first-order valence-electron chi connectivity index (χ1n) is 9.06. The molecule has 1 saturated heterocycles. The van der Waals surface area contributed by atoms with Gasteiger partial charge in [0.15, 0.2) is 5.17 Å². The Labute approximate surface area is 174 Å². The summed E-state index contributed by atoms with van der Waals surface area (Å²) < 4.78 is 0. The summed E-state index contributed by atoms with van der Waals surface area (Å²) >= 11 is 7.29. The van der Waals surface area contributed by atoms with Crippen LogP contribution >= 0.6 is 23.4 Å². The normalized spacial score (nSPS) is 18.4. The number of nitrogens with one attached hydrogen (secondary N) is 1. The number of hydrogen-bond donors (Lipinski definition) is 1. The summed E-state index contributed by atoms with van der Waals surface area (Å²) in [6.45, 7) is 6.48. The minimum absolute atomic E-state index is 0.102. The topological polar surface area (TPSA) is 61.8 Å². The van der Waals surface area contributed by atoms with Crippen molar-refractivity contribution in [2.45, 2.75) is 32.4 Å². The van der Waals surface area contributed by atoms with Crippen LogP contribution in [0.3, 0.4) is 0 Å². The minimum Gasteiger partial charge on any atom is -0.325 e. The summed E-state index contributed by atoms with van der Waals surface area (Å²) in [5.74, 6) is -0.334. The van der Waals surface area contributed by atoms with E-state index in [9.17, 15) is 9.59 Å². The first kappa shape index (κ1) is 20.4. The highest BCUT2D eigenvalue weighted by Gasteiger charge is 2.35. The molecule has 28 heavy (non-hydrogen) atoms. The zero-order valence-corrected chi connectivity index (χ0v) is 17.6. The Kier molecular flexibility index (Phi) is 6.42. The van der Waals surface area contributed by atoms with Crippen LogP contribution in [0, 0.1) is 13.8 Å². The van der Waals surface area contributed by atoms with Crippen LogP contribution in [0.15, 0.2) is 47.5 Å². The van der Waals surface area contributed by atoms with Gasteiger partial charge in [-0.15, -0.1) is 0 Å². The Balaban J connectivity index is 1.83. The molecule has 0 aliphatic carbocycles. The van der Waals surface area contributed by atoms with Crippen LogP contribution in [0.4, 0.5) is 11.4 Å². The number of carbonyl (C=O) groups excluding carboxylic acids is 2. The number of amidine groups is 1. The molecule has 2 aromatic rings. The van der Waals surface area contributed by atoms with Crippen LogP contribution < -0.4 is 5.32 Å². The molecule has 0 radical (unpaired) electrons. The van der Waals surface area contributed by atoms with Gasteiger partial charge in [-0.3, -0.25) is 14.5 Å². The summed E-state index contributed by atoms with van der Waals surface area (Å²) in [6, 6.07) is 12.9. The molecule has 1 fully saturated rings. The largest absolute Gasteiger partial charge is 0.325 e. The SMILES string of the molecule is CCN1C(=O)CC(C(=O)Nc2cccc(Cl)c2)SC1=Nc1ccc(C)c(C)c1. The summed E-state index contributed by atoms with van der Waals surface area (Å²) in [5.41, 5.74) is 3.69. The third-order valence-electron chi connectivity index (χ3n) is 4.56. The van der Waals surface area contributed by atoms with Crippen molar-refractivity contribution < 1.29 is 9.59 Å². The van der Waals surface area contributed by atoms with Crippen LogP contribution in [0.1, 0.15) is 24.5 Å². The molecule has 2 amide bonds. The van der Waals surface area contributed by atoms with Crippen LogP contribution in [0.2, 0.25) is 5.02 Å². The number of hydrogen-bond acceptors (Lipinski definition) is 4. The van der Waals surface area contributed by atoms with Crippen LogP contribution in [0.5, 0.6) is 0 Å². The molecule has 5 nitrogen and oxygen atoms in total. The van der Waals surface area contributed by atoms with E-state index in [0.717, 1.165) is 11.3 Å². The lowest BCUT2D eigenvalue weighted by Gasteiger charge is -2.31.